The van der Waals surface area contributed by atoms with Crippen molar-refractivity contribution in [2.45, 2.75) is 44.6 Å². The van der Waals surface area contributed by atoms with Crippen molar-refractivity contribution in [2.75, 3.05) is 53.1 Å². The molecule has 9 heteroatoms. The first kappa shape index (κ1) is 24.0. The molecule has 3 aliphatic rings. The number of fused-ring (bicyclic) bond motifs is 2. The van der Waals surface area contributed by atoms with E-state index in [4.69, 9.17) is 5.73 Å². The summed E-state index contributed by atoms with van der Waals surface area (Å²) < 4.78 is 0. The van der Waals surface area contributed by atoms with Gasteiger partial charge in [0.2, 0.25) is 5.91 Å². The second-order valence-corrected chi connectivity index (χ2v) is 11.4. The zero-order chi connectivity index (χ0) is 23.7. The van der Waals surface area contributed by atoms with E-state index in [0.29, 0.717) is 42.2 Å². The van der Waals surface area contributed by atoms with Crippen LogP contribution < -0.4 is 11.1 Å². The number of nitrogens with zero attached hydrogens (tertiary/aromatic N) is 4. The molecule has 1 aromatic heterocycles. The van der Waals surface area contributed by atoms with E-state index in [-0.39, 0.29) is 23.8 Å². The average Bonchev–Trinajstić information content (AvgIpc) is 3.54. The molecule has 1 saturated carbocycles. The van der Waals surface area contributed by atoms with Gasteiger partial charge in [-0.1, -0.05) is 0 Å². The van der Waals surface area contributed by atoms with Gasteiger partial charge in [0.1, 0.15) is 11.1 Å². The monoisotopic (exact) mass is 472 g/mol. The van der Waals surface area contributed by atoms with Gasteiger partial charge in [0.05, 0.1) is 11.5 Å². The molecule has 3 N–H and O–H groups in total. The minimum Gasteiger partial charge on any atom is -0.389 e. The van der Waals surface area contributed by atoms with E-state index in [1.54, 1.807) is 0 Å². The minimum atomic E-state index is -0.251. The Morgan fingerprint density at radius 2 is 2.06 bits per heavy atom. The number of amides is 3. The zero-order valence-corrected chi connectivity index (χ0v) is 20.8. The van der Waals surface area contributed by atoms with E-state index in [0.717, 1.165) is 50.6 Å². The van der Waals surface area contributed by atoms with E-state index < -0.39 is 0 Å². The number of urea groups is 1. The number of likely N-dealkylation sites (tertiary alicyclic amines) is 1. The van der Waals surface area contributed by atoms with E-state index in [1.165, 1.54) is 21.1 Å². The largest absolute Gasteiger partial charge is 0.389 e. The molecule has 3 amide bonds. The van der Waals surface area contributed by atoms with Crippen molar-refractivity contribution in [2.24, 2.45) is 17.8 Å². The highest BCUT2D eigenvalue weighted by atomic mass is 32.1. The van der Waals surface area contributed by atoms with Crippen LogP contribution >= 0.6 is 11.3 Å². The van der Waals surface area contributed by atoms with Crippen molar-refractivity contribution in [3.8, 4) is 6.07 Å². The summed E-state index contributed by atoms with van der Waals surface area (Å²) in [6, 6.07) is 2.38. The Morgan fingerprint density at radius 1 is 1.30 bits per heavy atom. The van der Waals surface area contributed by atoms with Crippen LogP contribution in [0.15, 0.2) is 0 Å². The lowest BCUT2D eigenvalue weighted by molar-refractivity contribution is -0.136. The number of thiophene rings is 1. The van der Waals surface area contributed by atoms with Crippen LogP contribution in [0.25, 0.3) is 0 Å². The summed E-state index contributed by atoms with van der Waals surface area (Å²) in [5.74, 6) is 0.482. The minimum absolute atomic E-state index is 0.0477. The maximum absolute atomic E-state index is 13.6. The Balaban J connectivity index is 1.44. The highest BCUT2D eigenvalue weighted by Crippen LogP contribution is 2.43. The van der Waals surface area contributed by atoms with Crippen LogP contribution in [0.2, 0.25) is 0 Å². The van der Waals surface area contributed by atoms with Crippen molar-refractivity contribution < 1.29 is 9.59 Å². The number of carbonyl (C=O) groups is 2. The van der Waals surface area contributed by atoms with Gasteiger partial charge in [-0.05, 0) is 83.6 Å². The molecular formula is C24H36N6O2S. The molecule has 0 bridgehead atoms. The number of likely N-dealkylation sites (N-methyl/N-ethyl adjacent to an activating group) is 1. The maximum Gasteiger partial charge on any atom is 0.324 e. The smallest absolute Gasteiger partial charge is 0.324 e. The molecule has 0 spiro atoms. The van der Waals surface area contributed by atoms with Gasteiger partial charge < -0.3 is 20.9 Å². The second kappa shape index (κ2) is 10.00. The van der Waals surface area contributed by atoms with Crippen LogP contribution in [0.4, 0.5) is 9.80 Å². The lowest BCUT2D eigenvalue weighted by Crippen LogP contribution is -2.55. The molecule has 33 heavy (non-hydrogen) atoms. The number of hydrogen-bond acceptors (Lipinski definition) is 7. The lowest BCUT2D eigenvalue weighted by Gasteiger charge is -2.45. The summed E-state index contributed by atoms with van der Waals surface area (Å²) in [6.07, 6.45) is 5.45. The first-order valence-electron chi connectivity index (χ1n) is 12.0. The second-order valence-electron chi connectivity index (χ2n) is 10.2. The van der Waals surface area contributed by atoms with Crippen molar-refractivity contribution in [1.29, 1.82) is 5.26 Å². The van der Waals surface area contributed by atoms with Gasteiger partial charge in [-0.25, -0.2) is 4.79 Å². The molecule has 2 heterocycles. The lowest BCUT2D eigenvalue weighted by atomic mass is 9.74. The molecular weight excluding hydrogens is 436 g/mol. The first-order valence-corrected chi connectivity index (χ1v) is 12.8. The van der Waals surface area contributed by atoms with Gasteiger partial charge in [0.25, 0.3) is 0 Å². The average molecular weight is 473 g/mol. The van der Waals surface area contributed by atoms with Crippen molar-refractivity contribution >= 4 is 28.3 Å². The molecule has 0 aromatic carbocycles. The number of imide groups is 1. The molecule has 4 rings (SSSR count). The molecule has 0 radical (unpaired) electrons. The Hall–Kier alpha value is -2.15. The van der Waals surface area contributed by atoms with Gasteiger partial charge in [-0.3, -0.25) is 9.69 Å². The third-order valence-corrected chi connectivity index (χ3v) is 8.44. The summed E-state index contributed by atoms with van der Waals surface area (Å²) in [7, 11) is 6.10. The Bertz CT molecular complexity index is 934. The van der Waals surface area contributed by atoms with Crippen molar-refractivity contribution in [1.82, 2.24) is 20.0 Å². The van der Waals surface area contributed by atoms with Crippen LogP contribution in [0.1, 0.15) is 41.7 Å². The molecule has 8 nitrogen and oxygen atoms in total. The summed E-state index contributed by atoms with van der Waals surface area (Å²) in [5, 5.41) is 13.1. The predicted molar refractivity (Wildman–Crippen MR) is 130 cm³/mol. The van der Waals surface area contributed by atoms with E-state index in [1.807, 2.05) is 14.1 Å². The number of hydrogen-bond donors (Lipinski definition) is 2. The van der Waals surface area contributed by atoms with Crippen LogP contribution in [0.5, 0.6) is 0 Å². The first-order chi connectivity index (χ1) is 15.8. The number of anilines is 1. The molecule has 1 aromatic rings. The highest BCUT2D eigenvalue weighted by Gasteiger charge is 2.43. The van der Waals surface area contributed by atoms with Crippen LogP contribution in [0, 0.1) is 29.1 Å². The molecule has 180 valence electrons. The predicted octanol–water partition coefficient (Wildman–Crippen LogP) is 2.14. The van der Waals surface area contributed by atoms with E-state index >= 15 is 0 Å². The number of carbonyl (C=O) groups excluding carboxylic acids is 2. The summed E-state index contributed by atoms with van der Waals surface area (Å²) >= 11 is 1.54. The van der Waals surface area contributed by atoms with Gasteiger partial charge in [0, 0.05) is 30.6 Å². The van der Waals surface area contributed by atoms with E-state index in [9.17, 15) is 14.9 Å². The number of nitriles is 1. The summed E-state index contributed by atoms with van der Waals surface area (Å²) in [6.45, 7) is 2.65. The maximum atomic E-state index is 13.6. The molecule has 2 aliphatic carbocycles. The van der Waals surface area contributed by atoms with Gasteiger partial charge in [-0.15, -0.1) is 11.3 Å². The topological polar surface area (TPSA) is 106 Å². The number of nitrogens with one attached hydrogen (secondary N) is 1. The van der Waals surface area contributed by atoms with Gasteiger partial charge in [-0.2, -0.15) is 5.26 Å². The van der Waals surface area contributed by atoms with Crippen LogP contribution in [-0.4, -0.2) is 80.0 Å². The molecule has 2 fully saturated rings. The fraction of sp³-hybridized carbons (Fsp3) is 0.708. The Kier molecular flexibility index (Phi) is 7.27. The zero-order valence-electron chi connectivity index (χ0n) is 20.0. The highest BCUT2D eigenvalue weighted by molar-refractivity contribution is 7.16. The number of nitrogens with two attached hydrogens (primary N) is 1. The van der Waals surface area contributed by atoms with E-state index in [2.05, 4.69) is 28.2 Å². The molecule has 3 atom stereocenters. The van der Waals surface area contributed by atoms with Crippen molar-refractivity contribution in [3.05, 3.63) is 16.0 Å². The summed E-state index contributed by atoms with van der Waals surface area (Å²) in [4.78, 5) is 33.6. The fourth-order valence-electron chi connectivity index (χ4n) is 5.39. The molecule has 1 saturated heterocycles. The van der Waals surface area contributed by atoms with Gasteiger partial charge >= 0.3 is 6.03 Å². The number of rotatable bonds is 7. The number of piperidine rings is 1. The quantitative estimate of drug-likeness (QED) is 0.589. The normalized spacial score (nSPS) is 24.6. The van der Waals surface area contributed by atoms with Crippen LogP contribution in [0.3, 0.4) is 0 Å². The fourth-order valence-corrected chi connectivity index (χ4v) is 6.49. The molecule has 1 aliphatic heterocycles. The SMILES string of the molecule is CN(C)CCCNC(=O)N(CC1CC1)C(=O)[C@@H]1C[C@@H]2Cc3c(sc(N)c3C#N)CC2N(C)C1. The van der Waals surface area contributed by atoms with Crippen molar-refractivity contribution in [3.63, 3.8) is 0 Å². The third kappa shape index (κ3) is 5.34. The summed E-state index contributed by atoms with van der Waals surface area (Å²) in [5.41, 5.74) is 7.80. The third-order valence-electron chi connectivity index (χ3n) is 7.35. The standard InChI is InChI=1S/C24H36N6O2S/c1-28(2)8-4-7-27-24(32)30(13-15-5-6-15)23(31)17-9-16-10-18-19(12-25)22(26)33-21(18)11-20(16)29(3)14-17/h15-17,20H,4-11,13-14,26H2,1-3H3,(H,27,32)/t16-,17-,20?/m1/s1. The Morgan fingerprint density at radius 3 is 2.73 bits per heavy atom. The van der Waals surface area contributed by atoms with Gasteiger partial charge in [0.15, 0.2) is 0 Å². The molecule has 1 unspecified atom stereocenters. The Labute approximate surface area is 200 Å². The van der Waals surface area contributed by atoms with Crippen LogP contribution in [-0.2, 0) is 17.6 Å². The number of nitrogen functional groups attached to an aromatic ring is 1.